The summed E-state index contributed by atoms with van der Waals surface area (Å²) in [6.45, 7) is 0. The Morgan fingerprint density at radius 1 is 1.55 bits per heavy atom. The summed E-state index contributed by atoms with van der Waals surface area (Å²) in [5.74, 6) is -2.40. The van der Waals surface area contributed by atoms with Crippen molar-refractivity contribution in [3.63, 3.8) is 0 Å². The second kappa shape index (κ2) is 3.87. The quantitative estimate of drug-likeness (QED) is 0.475. The van der Waals surface area contributed by atoms with E-state index in [0.29, 0.717) is 0 Å². The smallest absolute Gasteiger partial charge is 0.323 e. The van der Waals surface area contributed by atoms with Gasteiger partial charge in [-0.1, -0.05) is 0 Å². The minimum absolute atomic E-state index is 0.659. The first-order valence-corrected chi connectivity index (χ1v) is 2.86. The van der Waals surface area contributed by atoms with E-state index in [-0.39, 0.29) is 0 Å². The standard InChI is InChI=1S/C5H9FN2O3/c6-2(1-3(7)9)4(8)5(10)11/h2,4H,1,8H2,(H2,7,9)(H,10,11). The molecular formula is C5H9FN2O3. The van der Waals surface area contributed by atoms with Crippen molar-refractivity contribution in [3.8, 4) is 0 Å². The molecule has 0 aromatic heterocycles. The van der Waals surface area contributed by atoms with Gasteiger partial charge in [-0.25, -0.2) is 4.39 Å². The van der Waals surface area contributed by atoms with Gasteiger partial charge in [0.05, 0.1) is 6.42 Å². The van der Waals surface area contributed by atoms with Gasteiger partial charge in [-0.3, -0.25) is 9.59 Å². The molecular weight excluding hydrogens is 155 g/mol. The van der Waals surface area contributed by atoms with Crippen LogP contribution in [-0.4, -0.2) is 29.2 Å². The van der Waals surface area contributed by atoms with Gasteiger partial charge in [0.15, 0.2) is 0 Å². The Labute approximate surface area is 62.2 Å². The van der Waals surface area contributed by atoms with Gasteiger partial charge in [-0.15, -0.1) is 0 Å². The molecule has 0 aliphatic rings. The fourth-order valence-electron chi connectivity index (χ4n) is 0.474. The molecule has 5 nitrogen and oxygen atoms in total. The molecule has 0 rings (SSSR count). The highest BCUT2D eigenvalue weighted by atomic mass is 19.1. The van der Waals surface area contributed by atoms with Crippen LogP contribution in [-0.2, 0) is 9.59 Å². The average Bonchev–Trinajstić information content (AvgIpc) is 1.84. The summed E-state index contributed by atoms with van der Waals surface area (Å²) in [7, 11) is 0. The SMILES string of the molecule is NC(=O)CC(F)C(N)C(=O)O. The van der Waals surface area contributed by atoms with Crippen molar-refractivity contribution in [1.82, 2.24) is 0 Å². The summed E-state index contributed by atoms with van der Waals surface area (Å²) in [6.07, 6.45) is -2.57. The van der Waals surface area contributed by atoms with Gasteiger partial charge in [0, 0.05) is 0 Å². The maximum atomic E-state index is 12.5. The maximum Gasteiger partial charge on any atom is 0.323 e. The molecule has 0 radical (unpaired) electrons. The first kappa shape index (κ1) is 9.83. The minimum Gasteiger partial charge on any atom is -0.480 e. The van der Waals surface area contributed by atoms with Crippen LogP contribution >= 0.6 is 0 Å². The molecule has 1 amide bonds. The number of rotatable bonds is 4. The van der Waals surface area contributed by atoms with Crippen molar-refractivity contribution >= 4 is 11.9 Å². The maximum absolute atomic E-state index is 12.5. The van der Waals surface area contributed by atoms with Crippen LogP contribution < -0.4 is 11.5 Å². The Morgan fingerprint density at radius 2 is 2.00 bits per heavy atom. The summed E-state index contributed by atoms with van der Waals surface area (Å²) in [6, 6.07) is -1.68. The van der Waals surface area contributed by atoms with Crippen LogP contribution in [0.1, 0.15) is 6.42 Å². The zero-order chi connectivity index (χ0) is 9.02. The molecule has 2 unspecified atom stereocenters. The largest absolute Gasteiger partial charge is 0.480 e. The molecule has 0 saturated heterocycles. The number of nitrogens with two attached hydrogens (primary N) is 2. The molecule has 0 aromatic carbocycles. The van der Waals surface area contributed by atoms with E-state index in [4.69, 9.17) is 10.8 Å². The van der Waals surface area contributed by atoms with Gasteiger partial charge in [0.25, 0.3) is 0 Å². The lowest BCUT2D eigenvalue weighted by atomic mass is 10.1. The van der Waals surface area contributed by atoms with E-state index in [1.807, 2.05) is 0 Å². The van der Waals surface area contributed by atoms with Gasteiger partial charge >= 0.3 is 5.97 Å². The highest BCUT2D eigenvalue weighted by molar-refractivity contribution is 5.78. The van der Waals surface area contributed by atoms with Crippen molar-refractivity contribution in [2.45, 2.75) is 18.6 Å². The molecule has 0 aliphatic heterocycles. The molecule has 0 aromatic rings. The van der Waals surface area contributed by atoms with Crippen molar-refractivity contribution in [2.75, 3.05) is 0 Å². The Bertz CT molecular complexity index is 173. The molecule has 64 valence electrons. The zero-order valence-electron chi connectivity index (χ0n) is 5.66. The number of carbonyl (C=O) groups excluding carboxylic acids is 1. The number of carboxylic acid groups (broad SMARTS) is 1. The summed E-state index contributed by atoms with van der Waals surface area (Å²) in [5, 5.41) is 8.15. The predicted molar refractivity (Wildman–Crippen MR) is 34.3 cm³/mol. The van der Waals surface area contributed by atoms with E-state index < -0.39 is 30.5 Å². The van der Waals surface area contributed by atoms with Gasteiger partial charge < -0.3 is 16.6 Å². The van der Waals surface area contributed by atoms with Crippen molar-refractivity contribution in [2.24, 2.45) is 11.5 Å². The third-order valence-corrected chi connectivity index (χ3v) is 1.07. The van der Waals surface area contributed by atoms with Crippen LogP contribution in [0.4, 0.5) is 4.39 Å². The van der Waals surface area contributed by atoms with Gasteiger partial charge in [0.1, 0.15) is 12.2 Å². The van der Waals surface area contributed by atoms with Gasteiger partial charge in [0.2, 0.25) is 5.91 Å². The third-order valence-electron chi connectivity index (χ3n) is 1.07. The van der Waals surface area contributed by atoms with Crippen molar-refractivity contribution in [1.29, 1.82) is 0 Å². The molecule has 2 atom stereocenters. The summed E-state index contributed by atoms with van der Waals surface area (Å²) >= 11 is 0. The van der Waals surface area contributed by atoms with Crippen molar-refractivity contribution < 1.29 is 19.1 Å². The van der Waals surface area contributed by atoms with Crippen LogP contribution in [0.15, 0.2) is 0 Å². The fourth-order valence-corrected chi connectivity index (χ4v) is 0.474. The van der Waals surface area contributed by atoms with Crippen LogP contribution in [0.2, 0.25) is 0 Å². The Balaban J connectivity index is 3.92. The van der Waals surface area contributed by atoms with Crippen LogP contribution in [0, 0.1) is 0 Å². The first-order chi connectivity index (χ1) is 4.95. The number of aliphatic carboxylic acids is 1. The Kier molecular flexibility index (Phi) is 3.46. The minimum atomic E-state index is -1.91. The normalized spacial score (nSPS) is 15.5. The van der Waals surface area contributed by atoms with Crippen LogP contribution in [0.5, 0.6) is 0 Å². The number of carbonyl (C=O) groups is 2. The third kappa shape index (κ3) is 3.51. The molecule has 0 spiro atoms. The highest BCUT2D eigenvalue weighted by Gasteiger charge is 2.24. The number of halogens is 1. The Morgan fingerprint density at radius 3 is 2.27 bits per heavy atom. The second-order valence-electron chi connectivity index (χ2n) is 2.05. The van der Waals surface area contributed by atoms with E-state index in [1.54, 1.807) is 0 Å². The number of alkyl halides is 1. The van der Waals surface area contributed by atoms with Crippen molar-refractivity contribution in [3.05, 3.63) is 0 Å². The molecule has 0 bridgehead atoms. The Hall–Kier alpha value is -1.17. The monoisotopic (exact) mass is 164 g/mol. The van der Waals surface area contributed by atoms with Crippen LogP contribution in [0.3, 0.4) is 0 Å². The lowest BCUT2D eigenvalue weighted by molar-refractivity contribution is -0.140. The number of amides is 1. The molecule has 0 fully saturated rings. The van der Waals surface area contributed by atoms with E-state index in [1.165, 1.54) is 0 Å². The average molecular weight is 164 g/mol. The summed E-state index contributed by atoms with van der Waals surface area (Å²) in [4.78, 5) is 20.1. The van der Waals surface area contributed by atoms with Crippen LogP contribution in [0.25, 0.3) is 0 Å². The van der Waals surface area contributed by atoms with Gasteiger partial charge in [-0.05, 0) is 0 Å². The van der Waals surface area contributed by atoms with Gasteiger partial charge in [-0.2, -0.15) is 0 Å². The number of carboxylic acids is 1. The molecule has 0 heterocycles. The lowest BCUT2D eigenvalue weighted by Crippen LogP contribution is -2.41. The fraction of sp³-hybridized carbons (Fsp3) is 0.600. The zero-order valence-corrected chi connectivity index (χ0v) is 5.66. The van der Waals surface area contributed by atoms with E-state index in [2.05, 4.69) is 5.73 Å². The predicted octanol–water partition coefficient (Wildman–Crippen LogP) is -1.39. The van der Waals surface area contributed by atoms with E-state index in [0.717, 1.165) is 0 Å². The molecule has 0 aliphatic carbocycles. The molecule has 5 N–H and O–H groups in total. The molecule has 6 heteroatoms. The molecule has 0 saturated carbocycles. The second-order valence-corrected chi connectivity index (χ2v) is 2.05. The first-order valence-electron chi connectivity index (χ1n) is 2.86. The topological polar surface area (TPSA) is 106 Å². The highest BCUT2D eigenvalue weighted by Crippen LogP contribution is 2.01. The molecule has 11 heavy (non-hydrogen) atoms. The number of hydrogen-bond acceptors (Lipinski definition) is 3. The number of primary amides is 1. The number of hydrogen-bond donors (Lipinski definition) is 3. The van der Waals surface area contributed by atoms with E-state index >= 15 is 0 Å². The van der Waals surface area contributed by atoms with E-state index in [9.17, 15) is 14.0 Å². The summed E-state index contributed by atoms with van der Waals surface area (Å²) < 4.78 is 12.5. The lowest BCUT2D eigenvalue weighted by Gasteiger charge is -2.09. The summed E-state index contributed by atoms with van der Waals surface area (Å²) in [5.41, 5.74) is 9.43.